The van der Waals surface area contributed by atoms with Crippen molar-refractivity contribution in [2.75, 3.05) is 7.11 Å². The molecular weight excluding hydrogens is 239 g/mol. The Hall–Kier alpha value is -1.27. The third-order valence-electron chi connectivity index (χ3n) is 3.52. The molecule has 4 nitrogen and oxygen atoms in total. The van der Waals surface area contributed by atoms with E-state index in [-0.39, 0.29) is 12.8 Å². The van der Waals surface area contributed by atoms with E-state index in [2.05, 4.69) is 9.89 Å². The second-order valence-corrected chi connectivity index (χ2v) is 4.33. The summed E-state index contributed by atoms with van der Waals surface area (Å²) in [6, 6.07) is 0. The van der Waals surface area contributed by atoms with Crippen LogP contribution in [0.25, 0.3) is 0 Å². The van der Waals surface area contributed by atoms with Crippen molar-refractivity contribution < 1.29 is 27.5 Å². The molecule has 1 aliphatic heterocycles. The number of hydrogen-bond acceptors (Lipinski definition) is 4. The van der Waals surface area contributed by atoms with Crippen LogP contribution >= 0.6 is 0 Å². The van der Waals surface area contributed by atoms with Crippen LogP contribution in [-0.4, -0.2) is 30.6 Å². The fourth-order valence-corrected chi connectivity index (χ4v) is 2.75. The van der Waals surface area contributed by atoms with Gasteiger partial charge in [-0.25, -0.2) is 4.79 Å². The van der Waals surface area contributed by atoms with Gasteiger partial charge in [-0.1, -0.05) is 5.16 Å². The number of halogens is 3. The Morgan fingerprint density at radius 2 is 2.18 bits per heavy atom. The molecule has 3 atom stereocenters. The van der Waals surface area contributed by atoms with Crippen molar-refractivity contribution in [2.24, 2.45) is 17.0 Å². The second-order valence-electron chi connectivity index (χ2n) is 4.33. The molecule has 96 valence electrons. The lowest BCUT2D eigenvalue weighted by Crippen LogP contribution is -2.53. The summed E-state index contributed by atoms with van der Waals surface area (Å²) in [6.07, 6.45) is -4.41. The van der Waals surface area contributed by atoms with Crippen LogP contribution in [-0.2, 0) is 14.4 Å². The van der Waals surface area contributed by atoms with Gasteiger partial charge in [0, 0.05) is 0 Å². The molecule has 0 aromatic carbocycles. The summed E-state index contributed by atoms with van der Waals surface area (Å²) in [5, 5.41) is 3.54. The number of nitrogens with zero attached hydrogens (tertiary/aromatic N) is 1. The van der Waals surface area contributed by atoms with Gasteiger partial charge >= 0.3 is 12.1 Å². The van der Waals surface area contributed by atoms with Crippen molar-refractivity contribution >= 4 is 11.7 Å². The number of carbonyl (C=O) groups is 1. The summed E-state index contributed by atoms with van der Waals surface area (Å²) in [5.41, 5.74) is -1.58. The van der Waals surface area contributed by atoms with Gasteiger partial charge in [0.25, 0.3) is 5.60 Å². The molecule has 0 amide bonds. The van der Waals surface area contributed by atoms with Gasteiger partial charge in [0.2, 0.25) is 0 Å². The van der Waals surface area contributed by atoms with Crippen molar-refractivity contribution in [3.05, 3.63) is 0 Å². The molecule has 7 heteroatoms. The van der Waals surface area contributed by atoms with E-state index in [9.17, 15) is 18.0 Å². The van der Waals surface area contributed by atoms with E-state index < -0.39 is 29.6 Å². The number of fused-ring (bicyclic) bond motifs is 1. The molecule has 0 aromatic heterocycles. The molecule has 2 aliphatic rings. The second kappa shape index (κ2) is 3.61. The Labute approximate surface area is 95.7 Å². The van der Waals surface area contributed by atoms with Gasteiger partial charge in [-0.05, 0) is 19.8 Å². The monoisotopic (exact) mass is 251 g/mol. The van der Waals surface area contributed by atoms with E-state index in [1.807, 2.05) is 0 Å². The quantitative estimate of drug-likeness (QED) is 0.669. The van der Waals surface area contributed by atoms with Gasteiger partial charge in [0.15, 0.2) is 0 Å². The maximum atomic E-state index is 12.9. The molecule has 1 heterocycles. The molecule has 0 spiro atoms. The number of carbonyl (C=O) groups excluding carboxylic acids is 1. The number of ether oxygens (including phenoxy) is 1. The zero-order valence-electron chi connectivity index (χ0n) is 9.37. The lowest BCUT2D eigenvalue weighted by Gasteiger charge is -2.31. The van der Waals surface area contributed by atoms with Crippen LogP contribution in [0.5, 0.6) is 0 Å². The van der Waals surface area contributed by atoms with E-state index in [1.54, 1.807) is 6.92 Å². The molecule has 0 saturated heterocycles. The average molecular weight is 251 g/mol. The fraction of sp³-hybridized carbons (Fsp3) is 0.800. The molecule has 0 radical (unpaired) electrons. The predicted molar refractivity (Wildman–Crippen MR) is 51.2 cm³/mol. The number of oxime groups is 1. The van der Waals surface area contributed by atoms with Gasteiger partial charge in [-0.3, -0.25) is 0 Å². The number of rotatable bonds is 1. The molecule has 1 fully saturated rings. The van der Waals surface area contributed by atoms with Crippen molar-refractivity contribution in [1.29, 1.82) is 0 Å². The van der Waals surface area contributed by atoms with Crippen LogP contribution in [0.3, 0.4) is 0 Å². The molecule has 0 N–H and O–H groups in total. The number of methoxy groups -OCH3 is 1. The van der Waals surface area contributed by atoms with Crippen LogP contribution in [0.4, 0.5) is 13.2 Å². The Kier molecular flexibility index (Phi) is 2.59. The number of esters is 1. The minimum Gasteiger partial charge on any atom is -0.466 e. The van der Waals surface area contributed by atoms with Crippen molar-refractivity contribution in [2.45, 2.75) is 31.5 Å². The standard InChI is InChI=1S/C10H12F3NO3/c1-5-6-3-4-7(10(11,12)13)9(6,17-14-5)8(15)16-2/h6-7H,3-4H2,1-2H3. The highest BCUT2D eigenvalue weighted by atomic mass is 19.4. The normalized spacial score (nSPS) is 36.2. The Bertz CT molecular complexity index is 379. The lowest BCUT2D eigenvalue weighted by molar-refractivity contribution is -0.235. The van der Waals surface area contributed by atoms with E-state index in [0.717, 1.165) is 7.11 Å². The first-order chi connectivity index (χ1) is 7.84. The minimum absolute atomic E-state index is 0.143. The van der Waals surface area contributed by atoms with Gasteiger partial charge < -0.3 is 9.57 Å². The van der Waals surface area contributed by atoms with Crippen LogP contribution in [0, 0.1) is 11.8 Å². The summed E-state index contributed by atoms with van der Waals surface area (Å²) in [7, 11) is 1.05. The van der Waals surface area contributed by atoms with Crippen molar-refractivity contribution in [3.63, 3.8) is 0 Å². The maximum Gasteiger partial charge on any atom is 0.396 e. The molecule has 17 heavy (non-hydrogen) atoms. The smallest absolute Gasteiger partial charge is 0.396 e. The zero-order chi connectivity index (χ0) is 12.8. The van der Waals surface area contributed by atoms with Crippen LogP contribution in [0.15, 0.2) is 5.16 Å². The third kappa shape index (κ3) is 1.51. The first kappa shape index (κ1) is 12.2. The molecule has 2 rings (SSSR count). The Morgan fingerprint density at radius 3 is 2.71 bits per heavy atom. The largest absolute Gasteiger partial charge is 0.466 e. The molecular formula is C10H12F3NO3. The van der Waals surface area contributed by atoms with E-state index in [1.165, 1.54) is 0 Å². The van der Waals surface area contributed by atoms with Crippen LogP contribution in [0.1, 0.15) is 19.8 Å². The van der Waals surface area contributed by atoms with E-state index >= 15 is 0 Å². The highest BCUT2D eigenvalue weighted by Gasteiger charge is 2.70. The van der Waals surface area contributed by atoms with Crippen LogP contribution in [0.2, 0.25) is 0 Å². The highest BCUT2D eigenvalue weighted by Crippen LogP contribution is 2.54. The first-order valence-electron chi connectivity index (χ1n) is 5.21. The summed E-state index contributed by atoms with van der Waals surface area (Å²) >= 11 is 0. The van der Waals surface area contributed by atoms with Gasteiger partial charge in [-0.15, -0.1) is 0 Å². The zero-order valence-corrected chi connectivity index (χ0v) is 9.37. The first-order valence-corrected chi connectivity index (χ1v) is 5.21. The van der Waals surface area contributed by atoms with Crippen molar-refractivity contribution in [3.8, 4) is 0 Å². The van der Waals surface area contributed by atoms with Gasteiger partial charge in [0.05, 0.1) is 18.7 Å². The minimum atomic E-state index is -4.50. The Morgan fingerprint density at radius 1 is 1.53 bits per heavy atom. The summed E-state index contributed by atoms with van der Waals surface area (Å²) in [4.78, 5) is 16.6. The molecule has 0 bridgehead atoms. The van der Waals surface area contributed by atoms with E-state index in [0.29, 0.717) is 5.71 Å². The van der Waals surface area contributed by atoms with Crippen LogP contribution < -0.4 is 0 Å². The molecule has 3 unspecified atom stereocenters. The summed E-state index contributed by atoms with van der Waals surface area (Å²) in [6.45, 7) is 1.56. The average Bonchev–Trinajstić information content (AvgIpc) is 2.76. The van der Waals surface area contributed by atoms with Gasteiger partial charge in [0.1, 0.15) is 5.92 Å². The summed E-state index contributed by atoms with van der Waals surface area (Å²) in [5.74, 6) is -3.49. The highest BCUT2D eigenvalue weighted by molar-refractivity contribution is 5.95. The SMILES string of the molecule is COC(=O)C12ON=C(C)C1CCC2C(F)(F)F. The molecule has 1 aliphatic carbocycles. The van der Waals surface area contributed by atoms with Crippen molar-refractivity contribution in [1.82, 2.24) is 0 Å². The molecule has 1 saturated carbocycles. The number of hydrogen-bond donors (Lipinski definition) is 0. The van der Waals surface area contributed by atoms with E-state index in [4.69, 9.17) is 4.84 Å². The Balaban J connectivity index is 2.43. The van der Waals surface area contributed by atoms with Gasteiger partial charge in [-0.2, -0.15) is 13.2 Å². The number of alkyl halides is 3. The maximum absolute atomic E-state index is 12.9. The molecule has 0 aromatic rings. The fourth-order valence-electron chi connectivity index (χ4n) is 2.75. The third-order valence-corrected chi connectivity index (χ3v) is 3.52. The topological polar surface area (TPSA) is 47.9 Å². The predicted octanol–water partition coefficient (Wildman–Crippen LogP) is 1.89. The summed E-state index contributed by atoms with van der Waals surface area (Å²) < 4.78 is 43.3. The lowest BCUT2D eigenvalue weighted by atomic mass is 9.82.